The second-order valence-corrected chi connectivity index (χ2v) is 15.5. The van der Waals surface area contributed by atoms with Crippen LogP contribution in [0.4, 0.5) is 23.2 Å². The number of carbonyl (C=O) groups is 4. The van der Waals surface area contributed by atoms with Gasteiger partial charge in [0.2, 0.25) is 17.6 Å². The summed E-state index contributed by atoms with van der Waals surface area (Å²) in [5.74, 6) is -16.5. The maximum absolute atomic E-state index is 14.3. The number of aromatic amines is 1. The quantitative estimate of drug-likeness (QED) is 0.0889. The van der Waals surface area contributed by atoms with E-state index in [0.29, 0.717) is 30.9 Å². The summed E-state index contributed by atoms with van der Waals surface area (Å²) in [6.07, 6.45) is 4.85. The molecule has 2 heterocycles. The minimum absolute atomic E-state index is 0.108. The van der Waals surface area contributed by atoms with Crippen LogP contribution in [-0.2, 0) is 26.7 Å². The SMILES string of the molecule is Cc1ccc(C(=O)NC2CCN(C)CC2)cc1-c1ccc(C[C@H](NC(=O)C2CCC(CN)CC2)C(=O)Nc2ccc(-c3n[nH]c(C(F)(F)C(F)(F)C(=O)O)n3)cc2)cc1. The van der Waals surface area contributed by atoms with E-state index in [0.717, 1.165) is 61.0 Å². The van der Waals surface area contributed by atoms with Crippen LogP contribution in [0.5, 0.6) is 0 Å². The van der Waals surface area contributed by atoms with Gasteiger partial charge in [-0.25, -0.2) is 9.78 Å². The molecule has 314 valence electrons. The Bertz CT molecular complexity index is 2130. The van der Waals surface area contributed by atoms with Gasteiger partial charge in [-0.15, -0.1) is 0 Å². The molecular formula is C42H48F4N8O5. The maximum atomic E-state index is 14.3. The van der Waals surface area contributed by atoms with Crippen molar-refractivity contribution in [1.82, 2.24) is 30.7 Å². The highest BCUT2D eigenvalue weighted by atomic mass is 19.3. The minimum Gasteiger partial charge on any atom is -0.477 e. The summed E-state index contributed by atoms with van der Waals surface area (Å²) in [6.45, 7) is 4.38. The Morgan fingerprint density at radius 2 is 1.56 bits per heavy atom. The number of likely N-dealkylation sites (tertiary alicyclic amines) is 1. The highest BCUT2D eigenvalue weighted by Crippen LogP contribution is 2.42. The molecule has 1 aliphatic heterocycles. The molecule has 59 heavy (non-hydrogen) atoms. The number of halogens is 4. The van der Waals surface area contributed by atoms with Crippen molar-refractivity contribution in [1.29, 1.82) is 0 Å². The van der Waals surface area contributed by atoms with Crippen molar-refractivity contribution in [3.05, 3.63) is 89.2 Å². The van der Waals surface area contributed by atoms with Gasteiger partial charge >= 0.3 is 17.8 Å². The number of nitrogens with one attached hydrogen (secondary N) is 4. The predicted octanol–water partition coefficient (Wildman–Crippen LogP) is 5.51. The standard InChI is InChI=1S/C42H48F4N8O5/c1-24-3-8-30(37(56)48-32-17-19-54(2)20-18-32)22-33(24)27-9-4-25(5-10-27)21-34(50-36(55)29-11-6-26(23-47)7-12-29)38(57)49-31-15-13-28(14-16-31)35-51-39(53-52-35)41(43,44)42(45,46)40(58)59/h3-5,8-10,13-16,22,26,29,32,34H,6-7,11-12,17-21,23,47H2,1-2H3,(H,48,56)(H,49,57)(H,50,55)(H,58,59)(H,51,52,53)/t26?,29?,34-/m0/s1. The Morgan fingerprint density at radius 1 is 0.915 bits per heavy atom. The summed E-state index contributed by atoms with van der Waals surface area (Å²) >= 11 is 0. The third-order valence-corrected chi connectivity index (χ3v) is 11.3. The van der Waals surface area contributed by atoms with Crippen LogP contribution in [0.1, 0.15) is 65.8 Å². The zero-order valence-corrected chi connectivity index (χ0v) is 32.7. The zero-order chi connectivity index (χ0) is 42.5. The lowest BCUT2D eigenvalue weighted by atomic mass is 9.81. The number of aliphatic carboxylic acids is 1. The van der Waals surface area contributed by atoms with Gasteiger partial charge in [0.1, 0.15) is 6.04 Å². The topological polar surface area (TPSA) is 195 Å². The molecule has 2 aliphatic rings. The fourth-order valence-corrected chi connectivity index (χ4v) is 7.46. The first-order valence-corrected chi connectivity index (χ1v) is 19.6. The van der Waals surface area contributed by atoms with Crippen LogP contribution in [0.2, 0.25) is 0 Å². The van der Waals surface area contributed by atoms with E-state index in [9.17, 15) is 36.7 Å². The number of amides is 3. The van der Waals surface area contributed by atoms with Crippen LogP contribution >= 0.6 is 0 Å². The zero-order valence-electron chi connectivity index (χ0n) is 32.7. The number of carboxylic acid groups (broad SMARTS) is 1. The van der Waals surface area contributed by atoms with Crippen molar-refractivity contribution in [3.63, 3.8) is 0 Å². The van der Waals surface area contributed by atoms with Crippen LogP contribution in [-0.4, -0.2) is 93.6 Å². The lowest BCUT2D eigenvalue weighted by Gasteiger charge is -2.29. The van der Waals surface area contributed by atoms with Crippen LogP contribution in [0.25, 0.3) is 22.5 Å². The molecule has 6 rings (SSSR count). The second kappa shape index (κ2) is 18.1. The Kier molecular flexibility index (Phi) is 13.1. The van der Waals surface area contributed by atoms with Crippen molar-refractivity contribution >= 4 is 29.4 Å². The minimum atomic E-state index is -5.44. The number of H-pyrrole nitrogens is 1. The Hall–Kier alpha value is -5.68. The number of benzene rings is 3. The van der Waals surface area contributed by atoms with Crippen molar-refractivity contribution in [3.8, 4) is 22.5 Å². The average molecular weight is 821 g/mol. The van der Waals surface area contributed by atoms with Crippen LogP contribution in [0.3, 0.4) is 0 Å². The van der Waals surface area contributed by atoms with Gasteiger partial charge in [0.25, 0.3) is 5.91 Å². The number of piperidine rings is 1. The first-order valence-electron chi connectivity index (χ1n) is 19.6. The third kappa shape index (κ3) is 9.96. The molecule has 13 nitrogen and oxygen atoms in total. The molecule has 2 fully saturated rings. The molecule has 3 aromatic carbocycles. The normalized spacial score (nSPS) is 18.5. The number of rotatable bonds is 14. The predicted molar refractivity (Wildman–Crippen MR) is 212 cm³/mol. The van der Waals surface area contributed by atoms with Crippen LogP contribution in [0, 0.1) is 18.8 Å². The molecule has 1 aliphatic carbocycles. The van der Waals surface area contributed by atoms with E-state index < -0.39 is 41.4 Å². The fraction of sp³-hybridized carbons (Fsp3) is 0.429. The van der Waals surface area contributed by atoms with Gasteiger partial charge in [0.15, 0.2) is 5.82 Å². The number of alkyl halides is 4. The number of hydrogen-bond donors (Lipinski definition) is 6. The van der Waals surface area contributed by atoms with E-state index in [1.54, 1.807) is 5.10 Å². The van der Waals surface area contributed by atoms with Crippen molar-refractivity contribution in [2.45, 2.75) is 75.8 Å². The van der Waals surface area contributed by atoms with Crippen LogP contribution in [0.15, 0.2) is 66.7 Å². The molecular weight excluding hydrogens is 773 g/mol. The summed E-state index contributed by atoms with van der Waals surface area (Å²) < 4.78 is 55.9. The van der Waals surface area contributed by atoms with E-state index in [1.165, 1.54) is 24.3 Å². The molecule has 0 radical (unpaired) electrons. The monoisotopic (exact) mass is 820 g/mol. The van der Waals surface area contributed by atoms with Gasteiger partial charge in [-0.1, -0.05) is 30.3 Å². The number of aryl methyl sites for hydroxylation is 1. The van der Waals surface area contributed by atoms with Crippen molar-refractivity contribution in [2.24, 2.45) is 17.6 Å². The van der Waals surface area contributed by atoms with Gasteiger partial charge in [-0.3, -0.25) is 19.5 Å². The van der Waals surface area contributed by atoms with Gasteiger partial charge in [0, 0.05) is 35.2 Å². The lowest BCUT2D eigenvalue weighted by molar-refractivity contribution is -0.231. The van der Waals surface area contributed by atoms with E-state index in [2.05, 4.69) is 38.0 Å². The maximum Gasteiger partial charge on any atom is 0.411 e. The number of nitrogens with two attached hydrogens (primary N) is 1. The van der Waals surface area contributed by atoms with Gasteiger partial charge in [-0.05, 0) is 137 Å². The summed E-state index contributed by atoms with van der Waals surface area (Å²) in [4.78, 5) is 56.9. The molecule has 0 bridgehead atoms. The molecule has 4 aromatic rings. The number of aromatic nitrogens is 3. The number of carbonyl (C=O) groups excluding carboxylic acids is 3. The number of carboxylic acids is 1. The Balaban J connectivity index is 1.16. The highest BCUT2D eigenvalue weighted by Gasteiger charge is 2.65. The van der Waals surface area contributed by atoms with Crippen molar-refractivity contribution < 1.29 is 41.8 Å². The molecule has 1 atom stereocenters. The van der Waals surface area contributed by atoms with E-state index in [-0.39, 0.29) is 41.4 Å². The average Bonchev–Trinajstić information content (AvgIpc) is 3.73. The molecule has 1 saturated heterocycles. The number of anilines is 1. The Morgan fingerprint density at radius 3 is 2.19 bits per heavy atom. The first-order chi connectivity index (χ1) is 28.0. The van der Waals surface area contributed by atoms with E-state index in [1.807, 2.05) is 49.4 Å². The summed E-state index contributed by atoms with van der Waals surface area (Å²) in [5, 5.41) is 22.7. The van der Waals surface area contributed by atoms with E-state index >= 15 is 0 Å². The Labute approximate surface area is 338 Å². The molecule has 1 saturated carbocycles. The summed E-state index contributed by atoms with van der Waals surface area (Å²) in [5.41, 5.74) is 10.3. The van der Waals surface area contributed by atoms with Gasteiger partial charge < -0.3 is 31.7 Å². The fourth-order valence-electron chi connectivity index (χ4n) is 7.46. The van der Waals surface area contributed by atoms with Crippen LogP contribution < -0.4 is 21.7 Å². The molecule has 0 unspecified atom stereocenters. The molecule has 1 aromatic heterocycles. The number of hydrogen-bond acceptors (Lipinski definition) is 8. The smallest absolute Gasteiger partial charge is 0.411 e. The molecule has 3 amide bonds. The van der Waals surface area contributed by atoms with Gasteiger partial charge in [0.05, 0.1) is 0 Å². The third-order valence-electron chi connectivity index (χ3n) is 11.3. The molecule has 17 heteroatoms. The molecule has 0 spiro atoms. The van der Waals surface area contributed by atoms with Crippen molar-refractivity contribution in [2.75, 3.05) is 32.0 Å². The summed E-state index contributed by atoms with van der Waals surface area (Å²) in [6, 6.07) is 17.8. The molecule has 7 N–H and O–H groups in total. The highest BCUT2D eigenvalue weighted by molar-refractivity contribution is 5.98. The van der Waals surface area contributed by atoms with E-state index in [4.69, 9.17) is 10.8 Å². The lowest BCUT2D eigenvalue weighted by Crippen LogP contribution is -2.48. The second-order valence-electron chi connectivity index (χ2n) is 15.5. The summed E-state index contributed by atoms with van der Waals surface area (Å²) in [7, 11) is 2.07. The first kappa shape index (κ1) is 42.9. The van der Waals surface area contributed by atoms with Gasteiger partial charge in [-0.2, -0.15) is 22.7 Å². The number of nitrogens with zero attached hydrogens (tertiary/aromatic N) is 3. The largest absolute Gasteiger partial charge is 0.477 e.